The first-order valence-electron chi connectivity index (χ1n) is 12.3. The van der Waals surface area contributed by atoms with E-state index in [1.807, 2.05) is 21.9 Å². The number of carbonyl (C=O) groups excluding carboxylic acids is 2. The van der Waals surface area contributed by atoms with E-state index in [9.17, 15) is 9.59 Å². The van der Waals surface area contributed by atoms with Crippen LogP contribution in [0.4, 0.5) is 10.6 Å². The summed E-state index contributed by atoms with van der Waals surface area (Å²) in [4.78, 5) is 38.7. The lowest BCUT2D eigenvalue weighted by Gasteiger charge is -2.32. The van der Waals surface area contributed by atoms with Gasteiger partial charge in [0.05, 0.1) is 0 Å². The summed E-state index contributed by atoms with van der Waals surface area (Å²) < 4.78 is 2.12. The van der Waals surface area contributed by atoms with Crippen molar-refractivity contribution in [3.05, 3.63) is 53.1 Å². The maximum Gasteiger partial charge on any atom is 0.320 e. The molecule has 180 valence electrons. The predicted molar refractivity (Wildman–Crippen MR) is 129 cm³/mol. The minimum absolute atomic E-state index is 0.0891. The second-order valence-electron chi connectivity index (χ2n) is 9.55. The van der Waals surface area contributed by atoms with Crippen molar-refractivity contribution < 1.29 is 9.59 Å². The number of carbonyl (C=O) groups is 2. The zero-order valence-electron chi connectivity index (χ0n) is 19.8. The van der Waals surface area contributed by atoms with Crippen molar-refractivity contribution in [3.8, 4) is 11.5 Å². The van der Waals surface area contributed by atoms with Crippen molar-refractivity contribution in [1.82, 2.24) is 34.5 Å². The van der Waals surface area contributed by atoms with Crippen LogP contribution in [0.2, 0.25) is 0 Å². The molecule has 3 aromatic heterocycles. The van der Waals surface area contributed by atoms with E-state index in [0.717, 1.165) is 68.0 Å². The van der Waals surface area contributed by atoms with E-state index < -0.39 is 0 Å². The van der Waals surface area contributed by atoms with E-state index in [1.54, 1.807) is 18.3 Å². The van der Waals surface area contributed by atoms with Crippen LogP contribution in [-0.2, 0) is 19.4 Å². The molecule has 3 amide bonds. The Morgan fingerprint density at radius 1 is 1.03 bits per heavy atom. The van der Waals surface area contributed by atoms with Crippen LogP contribution in [0.5, 0.6) is 0 Å². The number of aryl methyl sites for hydroxylation is 1. The van der Waals surface area contributed by atoms with Gasteiger partial charge >= 0.3 is 6.03 Å². The average Bonchev–Trinajstić information content (AvgIpc) is 3.63. The number of aromatic nitrogens is 5. The third-order valence-electron chi connectivity index (χ3n) is 7.19. The van der Waals surface area contributed by atoms with E-state index in [-0.39, 0.29) is 11.9 Å². The van der Waals surface area contributed by atoms with Gasteiger partial charge in [-0.3, -0.25) is 9.78 Å². The van der Waals surface area contributed by atoms with Gasteiger partial charge in [0.1, 0.15) is 23.0 Å². The number of hydrogen-bond donors (Lipinski definition) is 1. The molecule has 3 aliphatic heterocycles. The molecule has 3 aliphatic rings. The largest absolute Gasteiger partial charge is 0.325 e. The van der Waals surface area contributed by atoms with E-state index in [0.29, 0.717) is 36.3 Å². The Hall–Kier alpha value is -3.82. The zero-order valence-corrected chi connectivity index (χ0v) is 19.8. The lowest BCUT2D eigenvalue weighted by atomic mass is 10.0. The third kappa shape index (κ3) is 4.02. The van der Waals surface area contributed by atoms with Gasteiger partial charge in [-0.25, -0.2) is 9.78 Å². The monoisotopic (exact) mass is 472 g/mol. The van der Waals surface area contributed by atoms with Crippen molar-refractivity contribution in [1.29, 1.82) is 0 Å². The van der Waals surface area contributed by atoms with E-state index >= 15 is 0 Å². The summed E-state index contributed by atoms with van der Waals surface area (Å²) in [5.74, 6) is 1.79. The smallest absolute Gasteiger partial charge is 0.320 e. The highest BCUT2D eigenvalue weighted by Gasteiger charge is 2.28. The van der Waals surface area contributed by atoms with Gasteiger partial charge in [-0.05, 0) is 61.9 Å². The second-order valence-corrected chi connectivity index (χ2v) is 9.55. The second kappa shape index (κ2) is 8.75. The summed E-state index contributed by atoms with van der Waals surface area (Å²) in [5.41, 5.74) is 3.04. The number of nitrogens with zero attached hydrogens (tertiary/aromatic N) is 7. The Labute approximate surface area is 203 Å². The lowest BCUT2D eigenvalue weighted by Crippen LogP contribution is -2.44. The number of anilines is 1. The summed E-state index contributed by atoms with van der Waals surface area (Å²) in [5, 5.41) is 11.5. The van der Waals surface area contributed by atoms with Crippen LogP contribution >= 0.6 is 0 Å². The fraction of sp³-hybridized carbons (Fsp3) is 0.440. The molecule has 10 nitrogen and oxygen atoms in total. The molecule has 35 heavy (non-hydrogen) atoms. The fourth-order valence-electron chi connectivity index (χ4n) is 5.24. The minimum atomic E-state index is -0.333. The fourth-order valence-corrected chi connectivity index (χ4v) is 5.24. The van der Waals surface area contributed by atoms with Crippen LogP contribution in [0, 0.1) is 0 Å². The Morgan fingerprint density at radius 3 is 2.74 bits per heavy atom. The van der Waals surface area contributed by atoms with Gasteiger partial charge in [-0.15, -0.1) is 10.2 Å². The maximum absolute atomic E-state index is 13.0. The molecule has 1 fully saturated rings. The third-order valence-corrected chi connectivity index (χ3v) is 7.19. The molecule has 0 bridgehead atoms. The zero-order chi connectivity index (χ0) is 23.9. The molecule has 0 unspecified atom stereocenters. The maximum atomic E-state index is 13.0. The lowest BCUT2D eigenvalue weighted by molar-refractivity contribution is 0.102. The number of fused-ring (bicyclic) bond motifs is 2. The summed E-state index contributed by atoms with van der Waals surface area (Å²) in [6.07, 6.45) is 6.59. The number of pyridine rings is 2. The Kier molecular flexibility index (Phi) is 5.43. The van der Waals surface area contributed by atoms with Crippen molar-refractivity contribution in [3.63, 3.8) is 0 Å². The summed E-state index contributed by atoms with van der Waals surface area (Å²) in [6, 6.07) is 7.69. The molecule has 0 aliphatic carbocycles. The molecule has 1 atom stereocenters. The normalized spacial score (nSPS) is 18.9. The summed E-state index contributed by atoms with van der Waals surface area (Å²) in [6.45, 7) is 4.98. The first-order chi connectivity index (χ1) is 17.1. The van der Waals surface area contributed by atoms with Gasteiger partial charge in [0.2, 0.25) is 0 Å². The van der Waals surface area contributed by atoms with E-state index in [2.05, 4.69) is 37.0 Å². The average molecular weight is 473 g/mol. The molecular formula is C25H28N8O2. The molecule has 1 N–H and O–H groups in total. The quantitative estimate of drug-likeness (QED) is 0.628. The standard InChI is InChI=1S/C25H28N8O2/c1-16-7-8-22-29-30-23(33(16)22)19-5-4-6-21(27-19)28-24(34)20-13-18-15-32(12-9-17(18)14-26-20)25(35)31-10-2-3-11-31/h4-6,13-14,16H,2-3,7-12,15H2,1H3,(H,27,28,34)/t16-/m1/s1. The number of nitrogens with one attached hydrogen (secondary N) is 1. The molecule has 0 aromatic carbocycles. The Bertz CT molecular complexity index is 1300. The van der Waals surface area contributed by atoms with Gasteiger partial charge in [0.15, 0.2) is 5.82 Å². The highest BCUT2D eigenvalue weighted by atomic mass is 16.2. The van der Waals surface area contributed by atoms with Crippen LogP contribution in [0.1, 0.15) is 59.7 Å². The number of amides is 3. The molecule has 10 heteroatoms. The van der Waals surface area contributed by atoms with Gasteiger partial charge in [0.25, 0.3) is 5.91 Å². The number of hydrogen-bond acceptors (Lipinski definition) is 6. The van der Waals surface area contributed by atoms with Crippen LogP contribution in [0.25, 0.3) is 11.5 Å². The van der Waals surface area contributed by atoms with Gasteiger partial charge < -0.3 is 19.7 Å². The number of rotatable bonds is 3. The van der Waals surface area contributed by atoms with Crippen LogP contribution in [0.3, 0.4) is 0 Å². The van der Waals surface area contributed by atoms with Gasteiger partial charge in [-0.1, -0.05) is 6.07 Å². The molecule has 0 spiro atoms. The van der Waals surface area contributed by atoms with Crippen molar-refractivity contribution in [2.45, 2.75) is 51.6 Å². The molecular weight excluding hydrogens is 444 g/mol. The number of likely N-dealkylation sites (tertiary alicyclic amines) is 1. The van der Waals surface area contributed by atoms with Crippen molar-refractivity contribution in [2.24, 2.45) is 0 Å². The Balaban J connectivity index is 1.18. The predicted octanol–water partition coefficient (Wildman–Crippen LogP) is 3.07. The van der Waals surface area contributed by atoms with E-state index in [4.69, 9.17) is 0 Å². The van der Waals surface area contributed by atoms with Gasteiger partial charge in [-0.2, -0.15) is 0 Å². The SMILES string of the molecule is C[C@@H]1CCc2nnc(-c3cccc(NC(=O)c4cc5c(cn4)CCN(C(=O)N4CCCC4)C5)n3)n21. The van der Waals surface area contributed by atoms with Crippen molar-refractivity contribution >= 4 is 17.8 Å². The molecule has 0 saturated carbocycles. The minimum Gasteiger partial charge on any atom is -0.325 e. The highest BCUT2D eigenvalue weighted by Crippen LogP contribution is 2.30. The van der Waals surface area contributed by atoms with Crippen LogP contribution < -0.4 is 5.32 Å². The molecule has 0 radical (unpaired) electrons. The summed E-state index contributed by atoms with van der Waals surface area (Å²) in [7, 11) is 0. The number of urea groups is 1. The van der Waals surface area contributed by atoms with Crippen LogP contribution in [0.15, 0.2) is 30.5 Å². The van der Waals surface area contributed by atoms with Gasteiger partial charge in [0, 0.05) is 44.8 Å². The Morgan fingerprint density at radius 2 is 1.89 bits per heavy atom. The molecule has 1 saturated heterocycles. The molecule has 3 aromatic rings. The first-order valence-corrected chi connectivity index (χ1v) is 12.3. The van der Waals surface area contributed by atoms with Crippen molar-refractivity contribution in [2.75, 3.05) is 25.0 Å². The topological polar surface area (TPSA) is 109 Å². The molecule has 6 rings (SSSR count). The highest BCUT2D eigenvalue weighted by molar-refractivity contribution is 6.02. The molecule has 6 heterocycles. The van der Waals surface area contributed by atoms with E-state index in [1.165, 1.54) is 0 Å². The van der Waals surface area contributed by atoms with Crippen LogP contribution in [-0.4, -0.2) is 66.1 Å². The summed E-state index contributed by atoms with van der Waals surface area (Å²) >= 11 is 0. The first kappa shape index (κ1) is 21.7.